The van der Waals surface area contributed by atoms with Crippen LogP contribution in [-0.2, 0) is 28.6 Å². The SMILES string of the molecule is CC/C=C\C/C=C\C/C=C\C/C=C\CCCCCCCCCCCCCCCCCCCCCCCCC(=O)OCC(COC(=O)CCCCCCCCC)OC(=O)CCCCCCC/C=C\CCCCCC. The summed E-state index contributed by atoms with van der Waals surface area (Å²) >= 11 is 0. The molecule has 0 saturated carbocycles. The van der Waals surface area contributed by atoms with Gasteiger partial charge in [0.1, 0.15) is 13.2 Å². The number of ether oxygens (including phenoxy) is 3. The normalized spacial score (nSPS) is 12.4. The van der Waals surface area contributed by atoms with E-state index in [4.69, 9.17) is 14.2 Å². The topological polar surface area (TPSA) is 78.9 Å². The van der Waals surface area contributed by atoms with Crippen molar-refractivity contribution in [3.63, 3.8) is 0 Å². The van der Waals surface area contributed by atoms with Crippen molar-refractivity contribution in [1.82, 2.24) is 0 Å². The van der Waals surface area contributed by atoms with E-state index in [1.165, 1.54) is 199 Å². The van der Waals surface area contributed by atoms with Gasteiger partial charge in [-0.2, -0.15) is 0 Å². The van der Waals surface area contributed by atoms with Crippen LogP contribution in [0.4, 0.5) is 0 Å². The highest BCUT2D eigenvalue weighted by atomic mass is 16.6. The van der Waals surface area contributed by atoms with E-state index in [2.05, 4.69) is 81.5 Å². The summed E-state index contributed by atoms with van der Waals surface area (Å²) in [6.07, 6.45) is 78.5. The Kier molecular flexibility index (Phi) is 59.2. The zero-order valence-electron chi connectivity index (χ0n) is 48.7. The number of allylic oxidation sites excluding steroid dienone is 10. The lowest BCUT2D eigenvalue weighted by Crippen LogP contribution is -2.30. The van der Waals surface area contributed by atoms with E-state index in [1.54, 1.807) is 0 Å². The molecule has 0 N–H and O–H groups in total. The van der Waals surface area contributed by atoms with Crippen molar-refractivity contribution < 1.29 is 28.6 Å². The molecule has 0 aromatic rings. The largest absolute Gasteiger partial charge is 0.462 e. The smallest absolute Gasteiger partial charge is 0.306 e. The minimum atomic E-state index is -0.771. The summed E-state index contributed by atoms with van der Waals surface area (Å²) < 4.78 is 16.8. The number of carbonyl (C=O) groups excluding carboxylic acids is 3. The van der Waals surface area contributed by atoms with Crippen LogP contribution < -0.4 is 0 Å². The van der Waals surface area contributed by atoms with E-state index < -0.39 is 6.10 Å². The standard InChI is InChI=1S/C67H120O6/c1-4-7-10-13-16-18-20-22-23-24-25-26-27-28-29-30-31-32-33-34-35-36-37-38-39-40-41-42-43-45-46-48-51-54-57-60-66(69)72-63-64(62-71-65(68)59-56-53-50-15-12-9-6-3)73-67(70)61-58-55-52-49-47-44-21-19-17-14-11-8-5-2/h7,10,16,18-19,21-23,25-26,64H,4-6,8-9,11-15,17,20,24,27-63H2,1-3H3/b10-7-,18-16-,21-19-,23-22-,26-25-. The quantitative estimate of drug-likeness (QED) is 0.0261. The average molecular weight is 1020 g/mol. The van der Waals surface area contributed by atoms with Gasteiger partial charge in [0, 0.05) is 19.3 Å². The molecule has 0 fully saturated rings. The third kappa shape index (κ3) is 59.9. The lowest BCUT2D eigenvalue weighted by atomic mass is 10.0. The highest BCUT2D eigenvalue weighted by molar-refractivity contribution is 5.71. The van der Waals surface area contributed by atoms with Crippen LogP contribution in [0.5, 0.6) is 0 Å². The summed E-state index contributed by atoms with van der Waals surface area (Å²) in [6, 6.07) is 0. The first-order chi connectivity index (χ1) is 36.0. The molecule has 0 aromatic carbocycles. The van der Waals surface area contributed by atoms with Crippen molar-refractivity contribution in [3.8, 4) is 0 Å². The maximum absolute atomic E-state index is 12.8. The zero-order chi connectivity index (χ0) is 52.9. The lowest BCUT2D eigenvalue weighted by molar-refractivity contribution is -0.167. The number of hydrogen-bond donors (Lipinski definition) is 0. The van der Waals surface area contributed by atoms with Gasteiger partial charge >= 0.3 is 17.9 Å². The molecule has 0 saturated heterocycles. The lowest BCUT2D eigenvalue weighted by Gasteiger charge is -2.18. The molecule has 0 aliphatic carbocycles. The first-order valence-corrected chi connectivity index (χ1v) is 31.8. The molecule has 1 unspecified atom stereocenters. The molecular formula is C67H120O6. The van der Waals surface area contributed by atoms with Crippen LogP contribution in [0.2, 0.25) is 0 Å². The summed E-state index contributed by atoms with van der Waals surface area (Å²) in [6.45, 7) is 6.49. The highest BCUT2D eigenvalue weighted by Gasteiger charge is 2.19. The second-order valence-corrected chi connectivity index (χ2v) is 21.3. The van der Waals surface area contributed by atoms with Gasteiger partial charge in [0.25, 0.3) is 0 Å². The molecule has 0 rings (SSSR count). The van der Waals surface area contributed by atoms with E-state index in [0.717, 1.165) is 89.9 Å². The van der Waals surface area contributed by atoms with Crippen LogP contribution >= 0.6 is 0 Å². The van der Waals surface area contributed by atoms with E-state index in [0.29, 0.717) is 19.3 Å². The Morgan fingerprint density at radius 3 is 0.863 bits per heavy atom. The fourth-order valence-corrected chi connectivity index (χ4v) is 9.25. The Hall–Kier alpha value is -2.89. The van der Waals surface area contributed by atoms with Crippen LogP contribution in [0.25, 0.3) is 0 Å². The molecule has 6 nitrogen and oxygen atoms in total. The molecular weight excluding hydrogens is 901 g/mol. The monoisotopic (exact) mass is 1020 g/mol. The number of hydrogen-bond acceptors (Lipinski definition) is 6. The molecule has 0 aromatic heterocycles. The van der Waals surface area contributed by atoms with Crippen molar-refractivity contribution in [2.24, 2.45) is 0 Å². The maximum atomic E-state index is 12.8. The van der Waals surface area contributed by atoms with E-state index in [9.17, 15) is 14.4 Å². The van der Waals surface area contributed by atoms with Crippen LogP contribution in [0.1, 0.15) is 329 Å². The van der Waals surface area contributed by atoms with Gasteiger partial charge in [-0.3, -0.25) is 14.4 Å². The van der Waals surface area contributed by atoms with Gasteiger partial charge in [-0.15, -0.1) is 0 Å². The molecule has 0 aliphatic rings. The van der Waals surface area contributed by atoms with Gasteiger partial charge in [-0.25, -0.2) is 0 Å². The number of rotatable bonds is 58. The Morgan fingerprint density at radius 2 is 0.534 bits per heavy atom. The fourth-order valence-electron chi connectivity index (χ4n) is 9.25. The summed E-state index contributed by atoms with van der Waals surface area (Å²) in [5.41, 5.74) is 0. The van der Waals surface area contributed by atoms with Gasteiger partial charge in [0.2, 0.25) is 0 Å². The van der Waals surface area contributed by atoms with Crippen molar-refractivity contribution in [1.29, 1.82) is 0 Å². The number of esters is 3. The summed E-state index contributed by atoms with van der Waals surface area (Å²) in [7, 11) is 0. The molecule has 6 heteroatoms. The molecule has 0 amide bonds. The van der Waals surface area contributed by atoms with Crippen molar-refractivity contribution >= 4 is 17.9 Å². The number of carbonyl (C=O) groups is 3. The van der Waals surface area contributed by atoms with Crippen molar-refractivity contribution in [2.45, 2.75) is 335 Å². The zero-order valence-corrected chi connectivity index (χ0v) is 48.7. The van der Waals surface area contributed by atoms with E-state index in [-0.39, 0.29) is 31.1 Å². The van der Waals surface area contributed by atoms with Crippen LogP contribution in [-0.4, -0.2) is 37.2 Å². The van der Waals surface area contributed by atoms with Crippen LogP contribution in [0.3, 0.4) is 0 Å². The second-order valence-electron chi connectivity index (χ2n) is 21.3. The third-order valence-corrected chi connectivity index (χ3v) is 14.0. The molecule has 1 atom stereocenters. The summed E-state index contributed by atoms with van der Waals surface area (Å²) in [4.78, 5) is 37.9. The van der Waals surface area contributed by atoms with Gasteiger partial charge in [0.05, 0.1) is 0 Å². The first-order valence-electron chi connectivity index (χ1n) is 31.8. The molecule has 0 spiro atoms. The average Bonchev–Trinajstić information content (AvgIpc) is 3.39. The second kappa shape index (κ2) is 61.7. The summed E-state index contributed by atoms with van der Waals surface area (Å²) in [5, 5.41) is 0. The first kappa shape index (κ1) is 70.1. The molecule has 0 radical (unpaired) electrons. The minimum absolute atomic E-state index is 0.0722. The Labute approximate surface area is 453 Å². The van der Waals surface area contributed by atoms with Gasteiger partial charge < -0.3 is 14.2 Å². The van der Waals surface area contributed by atoms with Gasteiger partial charge in [-0.1, -0.05) is 287 Å². The van der Waals surface area contributed by atoms with Gasteiger partial charge in [-0.05, 0) is 83.5 Å². The van der Waals surface area contributed by atoms with Gasteiger partial charge in [0.15, 0.2) is 6.10 Å². The molecule has 0 bridgehead atoms. The van der Waals surface area contributed by atoms with Crippen LogP contribution in [0, 0.1) is 0 Å². The molecule has 0 aliphatic heterocycles. The van der Waals surface area contributed by atoms with E-state index in [1.807, 2.05) is 0 Å². The maximum Gasteiger partial charge on any atom is 0.306 e. The molecule has 0 heterocycles. The minimum Gasteiger partial charge on any atom is -0.462 e. The number of unbranched alkanes of at least 4 members (excludes halogenated alkanes) is 37. The highest BCUT2D eigenvalue weighted by Crippen LogP contribution is 2.17. The molecule has 73 heavy (non-hydrogen) atoms. The Bertz CT molecular complexity index is 1310. The van der Waals surface area contributed by atoms with Crippen molar-refractivity contribution in [2.75, 3.05) is 13.2 Å². The summed E-state index contributed by atoms with van der Waals surface area (Å²) in [5.74, 6) is -0.873. The van der Waals surface area contributed by atoms with Crippen molar-refractivity contribution in [3.05, 3.63) is 60.8 Å². The predicted octanol–water partition coefficient (Wildman–Crippen LogP) is 21.6. The third-order valence-electron chi connectivity index (χ3n) is 14.0. The fraction of sp³-hybridized carbons (Fsp3) is 0.806. The molecule has 424 valence electrons. The Balaban J connectivity index is 3.91. The Morgan fingerprint density at radius 1 is 0.288 bits per heavy atom. The predicted molar refractivity (Wildman–Crippen MR) is 316 cm³/mol. The van der Waals surface area contributed by atoms with E-state index >= 15 is 0 Å². The van der Waals surface area contributed by atoms with Crippen LogP contribution in [0.15, 0.2) is 60.8 Å².